The van der Waals surface area contributed by atoms with Crippen molar-refractivity contribution < 1.29 is 4.39 Å². The van der Waals surface area contributed by atoms with Crippen LogP contribution in [-0.4, -0.2) is 27.8 Å². The summed E-state index contributed by atoms with van der Waals surface area (Å²) in [5, 5.41) is 13.6. The van der Waals surface area contributed by atoms with E-state index in [1.165, 1.54) is 18.4 Å². The van der Waals surface area contributed by atoms with Crippen molar-refractivity contribution in [2.24, 2.45) is 0 Å². The van der Waals surface area contributed by atoms with Gasteiger partial charge in [0.05, 0.1) is 5.02 Å². The second-order valence-corrected chi connectivity index (χ2v) is 9.04. The Hall–Kier alpha value is -2.64. The highest BCUT2D eigenvalue weighted by molar-refractivity contribution is 6.34. The fourth-order valence-corrected chi connectivity index (χ4v) is 4.54. The summed E-state index contributed by atoms with van der Waals surface area (Å²) < 4.78 is 15.6. The third kappa shape index (κ3) is 5.05. The third-order valence-electron chi connectivity index (χ3n) is 6.26. The maximum atomic E-state index is 15.6. The van der Waals surface area contributed by atoms with E-state index < -0.39 is 5.67 Å². The molecule has 1 saturated heterocycles. The van der Waals surface area contributed by atoms with E-state index in [2.05, 4.69) is 37.9 Å². The number of halogens is 2. The molecular formula is C24H30ClFN6. The van der Waals surface area contributed by atoms with Crippen molar-refractivity contribution in [3.63, 3.8) is 0 Å². The number of aryl methyl sites for hydroxylation is 1. The highest BCUT2D eigenvalue weighted by Crippen LogP contribution is 2.43. The van der Waals surface area contributed by atoms with Crippen molar-refractivity contribution in [1.29, 1.82) is 0 Å². The lowest BCUT2D eigenvalue weighted by Gasteiger charge is -2.25. The predicted molar refractivity (Wildman–Crippen MR) is 129 cm³/mol. The van der Waals surface area contributed by atoms with Gasteiger partial charge in [-0.1, -0.05) is 42.8 Å². The van der Waals surface area contributed by atoms with Gasteiger partial charge in [0.2, 0.25) is 11.9 Å². The number of nitrogens with one attached hydrogen (secondary N) is 3. The van der Waals surface area contributed by atoms with Crippen LogP contribution >= 0.6 is 11.6 Å². The molecule has 0 saturated carbocycles. The molecule has 0 bridgehead atoms. The van der Waals surface area contributed by atoms with Crippen LogP contribution in [0.2, 0.25) is 5.02 Å². The highest BCUT2D eigenvalue weighted by atomic mass is 35.5. The van der Waals surface area contributed by atoms with E-state index in [0.717, 1.165) is 24.9 Å². The van der Waals surface area contributed by atoms with Crippen LogP contribution in [0.15, 0.2) is 36.4 Å². The molecule has 5 N–H and O–H groups in total. The summed E-state index contributed by atoms with van der Waals surface area (Å²) in [7, 11) is 0. The van der Waals surface area contributed by atoms with Crippen LogP contribution in [-0.2, 0) is 12.1 Å². The topological polar surface area (TPSA) is 91.7 Å². The average Bonchev–Trinajstić information content (AvgIpc) is 3.44. The first-order valence-electron chi connectivity index (χ1n) is 11.2. The Morgan fingerprint density at radius 2 is 2.06 bits per heavy atom. The summed E-state index contributed by atoms with van der Waals surface area (Å²) in [6.45, 7) is 4.53. The first kappa shape index (κ1) is 22.6. The normalized spacial score (nSPS) is 17.9. The summed E-state index contributed by atoms with van der Waals surface area (Å²) in [6, 6.07) is 12.5. The Labute approximate surface area is 193 Å². The van der Waals surface area contributed by atoms with Crippen LogP contribution in [0.25, 0.3) is 11.1 Å². The van der Waals surface area contributed by atoms with Gasteiger partial charge in [0.1, 0.15) is 5.67 Å². The fourth-order valence-electron chi connectivity index (χ4n) is 4.22. The van der Waals surface area contributed by atoms with Crippen LogP contribution in [0.1, 0.15) is 50.7 Å². The van der Waals surface area contributed by atoms with Gasteiger partial charge in [0.15, 0.2) is 0 Å². The molecule has 170 valence electrons. The molecule has 2 atom stereocenters. The SMILES string of the molecule is CCC(C)(F)c1cc(Nc2n[nH]c(N)n2)cc(Cl)c1-c1ccc(CCC2CCCN2)cc1. The Morgan fingerprint density at radius 1 is 1.28 bits per heavy atom. The number of nitrogen functional groups attached to an aromatic ring is 1. The molecule has 3 aromatic rings. The number of aromatic amines is 1. The van der Waals surface area contributed by atoms with Gasteiger partial charge in [-0.15, -0.1) is 5.10 Å². The minimum Gasteiger partial charge on any atom is -0.368 e. The second-order valence-electron chi connectivity index (χ2n) is 8.63. The van der Waals surface area contributed by atoms with E-state index in [4.69, 9.17) is 17.3 Å². The standard InChI is InChI=1S/C24H30ClFN6/c1-3-24(2,26)19-13-18(29-23-30-22(27)31-32-23)14-20(25)21(19)16-9-6-15(7-10-16)8-11-17-5-4-12-28-17/h6-7,9-10,13-14,17,28H,3-5,8,11-12H2,1-2H3,(H4,27,29,30,31,32). The molecule has 1 fully saturated rings. The number of rotatable bonds is 8. The summed E-state index contributed by atoms with van der Waals surface area (Å²) in [4.78, 5) is 4.04. The molecular weight excluding hydrogens is 427 g/mol. The second kappa shape index (κ2) is 9.46. The number of H-pyrrole nitrogens is 1. The predicted octanol–water partition coefficient (Wildman–Crippen LogP) is 5.73. The molecule has 1 aromatic heterocycles. The number of alkyl halides is 1. The van der Waals surface area contributed by atoms with Gasteiger partial charge in [0, 0.05) is 22.9 Å². The molecule has 2 unspecified atom stereocenters. The van der Waals surface area contributed by atoms with Crippen LogP contribution in [0.4, 0.5) is 22.0 Å². The van der Waals surface area contributed by atoms with E-state index in [-0.39, 0.29) is 5.95 Å². The maximum absolute atomic E-state index is 15.6. The lowest BCUT2D eigenvalue weighted by molar-refractivity contribution is 0.186. The number of aromatic nitrogens is 3. The van der Waals surface area contributed by atoms with Gasteiger partial charge < -0.3 is 16.4 Å². The van der Waals surface area contributed by atoms with Crippen molar-refractivity contribution >= 4 is 29.2 Å². The minimum absolute atomic E-state index is 0.197. The molecule has 32 heavy (non-hydrogen) atoms. The highest BCUT2D eigenvalue weighted by Gasteiger charge is 2.29. The quantitative estimate of drug-likeness (QED) is 0.347. The Kier molecular flexibility index (Phi) is 6.67. The minimum atomic E-state index is -1.55. The van der Waals surface area contributed by atoms with Crippen LogP contribution < -0.4 is 16.4 Å². The number of nitrogens with two attached hydrogens (primary N) is 1. The number of anilines is 3. The molecule has 2 aromatic carbocycles. The maximum Gasteiger partial charge on any atom is 0.248 e. The van der Waals surface area contributed by atoms with E-state index in [1.807, 2.05) is 19.1 Å². The zero-order valence-corrected chi connectivity index (χ0v) is 19.3. The first-order valence-corrected chi connectivity index (χ1v) is 11.5. The molecule has 1 aliphatic rings. The van der Waals surface area contributed by atoms with Gasteiger partial charge in [-0.25, -0.2) is 9.49 Å². The molecule has 1 aliphatic heterocycles. The van der Waals surface area contributed by atoms with Crippen molar-refractivity contribution in [3.8, 4) is 11.1 Å². The van der Waals surface area contributed by atoms with Gasteiger partial charge in [-0.3, -0.25) is 0 Å². The average molecular weight is 457 g/mol. The molecule has 8 heteroatoms. The zero-order valence-electron chi connectivity index (χ0n) is 18.5. The molecule has 0 aliphatic carbocycles. The summed E-state index contributed by atoms with van der Waals surface area (Å²) in [6.07, 6.45) is 5.00. The Morgan fingerprint density at radius 3 is 2.69 bits per heavy atom. The van der Waals surface area contributed by atoms with Crippen molar-refractivity contribution in [1.82, 2.24) is 20.5 Å². The van der Waals surface area contributed by atoms with Crippen molar-refractivity contribution in [2.45, 2.75) is 57.7 Å². The number of nitrogens with zero attached hydrogens (tertiary/aromatic N) is 2. The van der Waals surface area contributed by atoms with Gasteiger partial charge >= 0.3 is 0 Å². The van der Waals surface area contributed by atoms with Crippen LogP contribution in [0.3, 0.4) is 0 Å². The molecule has 4 rings (SSSR count). The van der Waals surface area contributed by atoms with Crippen molar-refractivity contribution in [2.75, 3.05) is 17.6 Å². The monoisotopic (exact) mass is 456 g/mol. The lowest BCUT2D eigenvalue weighted by atomic mass is 9.87. The van der Waals surface area contributed by atoms with Gasteiger partial charge in [-0.05, 0) is 68.8 Å². The lowest BCUT2D eigenvalue weighted by Crippen LogP contribution is -2.21. The third-order valence-corrected chi connectivity index (χ3v) is 6.56. The smallest absolute Gasteiger partial charge is 0.248 e. The van der Waals surface area contributed by atoms with E-state index in [9.17, 15) is 0 Å². The van der Waals surface area contributed by atoms with Crippen LogP contribution in [0, 0.1) is 0 Å². The number of benzene rings is 2. The van der Waals surface area contributed by atoms with Gasteiger partial charge in [-0.2, -0.15) is 4.98 Å². The molecule has 2 heterocycles. The largest absolute Gasteiger partial charge is 0.368 e. The van der Waals surface area contributed by atoms with E-state index >= 15 is 4.39 Å². The summed E-state index contributed by atoms with van der Waals surface area (Å²) in [5.74, 6) is 0.499. The molecule has 0 radical (unpaired) electrons. The zero-order chi connectivity index (χ0) is 22.7. The summed E-state index contributed by atoms with van der Waals surface area (Å²) >= 11 is 6.70. The van der Waals surface area contributed by atoms with Gasteiger partial charge in [0.25, 0.3) is 0 Å². The Bertz CT molecular complexity index is 1060. The molecule has 0 spiro atoms. The Balaban J connectivity index is 1.62. The molecule has 0 amide bonds. The fraction of sp³-hybridized carbons (Fsp3) is 0.417. The number of hydrogen-bond donors (Lipinski definition) is 4. The van der Waals surface area contributed by atoms with E-state index in [1.54, 1.807) is 19.1 Å². The van der Waals surface area contributed by atoms with Crippen LogP contribution in [0.5, 0.6) is 0 Å². The molecule has 6 nitrogen and oxygen atoms in total. The van der Waals surface area contributed by atoms with E-state index in [0.29, 0.717) is 40.2 Å². The summed E-state index contributed by atoms with van der Waals surface area (Å²) in [5.41, 5.74) is 8.06. The van der Waals surface area contributed by atoms with Crippen molar-refractivity contribution in [3.05, 3.63) is 52.5 Å². The first-order chi connectivity index (χ1) is 15.4. The number of hydrogen-bond acceptors (Lipinski definition) is 5.